The fourth-order valence-corrected chi connectivity index (χ4v) is 3.85. The van der Waals surface area contributed by atoms with E-state index in [2.05, 4.69) is 52.4 Å². The number of aromatic nitrogens is 1. The van der Waals surface area contributed by atoms with Crippen LogP contribution in [0.25, 0.3) is 5.57 Å². The topological polar surface area (TPSA) is 72.5 Å². The van der Waals surface area contributed by atoms with E-state index in [1.165, 1.54) is 11.3 Å². The van der Waals surface area contributed by atoms with Gasteiger partial charge >= 0.3 is 0 Å². The van der Waals surface area contributed by atoms with Crippen LogP contribution in [0.5, 0.6) is 0 Å². The Morgan fingerprint density at radius 1 is 1.23 bits per heavy atom. The third kappa shape index (κ3) is 9.52. The number of nitrogens with one attached hydrogen (secondary N) is 2. The first kappa shape index (κ1) is 24.9. The van der Waals surface area contributed by atoms with E-state index in [9.17, 15) is 4.79 Å². The zero-order valence-corrected chi connectivity index (χ0v) is 19.6. The van der Waals surface area contributed by atoms with E-state index in [1.807, 2.05) is 5.38 Å². The molecule has 1 aromatic carbocycles. The van der Waals surface area contributed by atoms with Crippen molar-refractivity contribution in [1.82, 2.24) is 9.71 Å². The first-order valence-corrected chi connectivity index (χ1v) is 11.5. The molecule has 0 unspecified atom stereocenters. The van der Waals surface area contributed by atoms with Gasteiger partial charge in [-0.25, -0.2) is 4.98 Å². The van der Waals surface area contributed by atoms with Crippen LogP contribution in [0.2, 0.25) is 0 Å². The van der Waals surface area contributed by atoms with Crippen molar-refractivity contribution in [1.29, 1.82) is 0 Å². The second kappa shape index (κ2) is 13.8. The molecule has 8 heteroatoms. The lowest BCUT2D eigenvalue weighted by Gasteiger charge is -2.06. The van der Waals surface area contributed by atoms with Gasteiger partial charge in [-0.05, 0) is 60.2 Å². The van der Waals surface area contributed by atoms with Crippen LogP contribution < -0.4 is 10.0 Å². The van der Waals surface area contributed by atoms with Crippen molar-refractivity contribution in [2.75, 3.05) is 32.7 Å². The van der Waals surface area contributed by atoms with E-state index in [0.717, 1.165) is 35.6 Å². The van der Waals surface area contributed by atoms with E-state index >= 15 is 0 Å². The lowest BCUT2D eigenvalue weighted by Crippen LogP contribution is -2.12. The Labute approximate surface area is 192 Å². The van der Waals surface area contributed by atoms with Crippen molar-refractivity contribution in [3.05, 3.63) is 72.0 Å². The van der Waals surface area contributed by atoms with Crippen LogP contribution in [-0.4, -0.2) is 38.3 Å². The van der Waals surface area contributed by atoms with Gasteiger partial charge in [0.1, 0.15) is 5.76 Å². The molecule has 0 atom stereocenters. The molecule has 0 aliphatic rings. The highest BCUT2D eigenvalue weighted by Crippen LogP contribution is 2.22. The fourth-order valence-electron chi connectivity index (χ4n) is 2.41. The number of anilines is 1. The molecule has 6 nitrogen and oxygen atoms in total. The lowest BCUT2D eigenvalue weighted by atomic mass is 10.1. The highest BCUT2D eigenvalue weighted by atomic mass is 32.2. The number of hydrogen-bond donors (Lipinski definition) is 2. The van der Waals surface area contributed by atoms with Gasteiger partial charge in [-0.1, -0.05) is 25.3 Å². The molecule has 1 aromatic heterocycles. The number of hydrogen-bond acceptors (Lipinski definition) is 7. The molecule has 0 saturated carbocycles. The largest absolute Gasteiger partial charge is 0.497 e. The number of rotatable bonds is 14. The predicted molar refractivity (Wildman–Crippen MR) is 130 cm³/mol. The fraction of sp³-hybridized carbons (Fsp3) is 0.304. The normalized spacial score (nSPS) is 10.9. The molecule has 0 spiro atoms. The molecule has 0 fully saturated rings. The summed E-state index contributed by atoms with van der Waals surface area (Å²) in [4.78, 5) is 17.8. The molecule has 2 aromatic rings. The summed E-state index contributed by atoms with van der Waals surface area (Å²) in [5.74, 6) is 0.475. The van der Waals surface area contributed by atoms with E-state index < -0.39 is 0 Å². The summed E-state index contributed by atoms with van der Waals surface area (Å²) in [6.45, 7) is 9.35. The quantitative estimate of drug-likeness (QED) is 0.178. The summed E-state index contributed by atoms with van der Waals surface area (Å²) >= 11 is 2.97. The molecule has 2 rings (SSSR count). The van der Waals surface area contributed by atoms with Gasteiger partial charge in [-0.15, -0.1) is 11.3 Å². The molecular weight excluding hydrogens is 430 g/mol. The zero-order chi connectivity index (χ0) is 22.5. The number of ether oxygens (including phenoxy) is 2. The van der Waals surface area contributed by atoms with Crippen molar-refractivity contribution in [2.45, 2.75) is 24.2 Å². The summed E-state index contributed by atoms with van der Waals surface area (Å²) in [6, 6.07) is 8.23. The van der Waals surface area contributed by atoms with Gasteiger partial charge in [0.05, 0.1) is 12.8 Å². The summed E-state index contributed by atoms with van der Waals surface area (Å²) < 4.78 is 13.3. The van der Waals surface area contributed by atoms with Gasteiger partial charge in [0, 0.05) is 37.0 Å². The average Bonchev–Trinajstić information content (AvgIpc) is 3.25. The van der Waals surface area contributed by atoms with Crippen LogP contribution in [0, 0.1) is 0 Å². The number of carbonyl (C=O) groups excluding carboxylic acids is 1. The van der Waals surface area contributed by atoms with Crippen molar-refractivity contribution >= 4 is 39.9 Å². The van der Waals surface area contributed by atoms with Crippen molar-refractivity contribution in [2.24, 2.45) is 0 Å². The molecule has 166 valence electrons. The van der Waals surface area contributed by atoms with Crippen LogP contribution >= 0.6 is 23.3 Å². The van der Waals surface area contributed by atoms with Gasteiger partial charge < -0.3 is 14.8 Å². The molecule has 2 N–H and O–H groups in total. The van der Waals surface area contributed by atoms with Gasteiger partial charge in [0.25, 0.3) is 0 Å². The third-order valence-corrected chi connectivity index (χ3v) is 5.81. The Bertz CT molecular complexity index is 892. The number of amides is 1. The number of nitrogens with zero attached hydrogens (tertiary/aromatic N) is 1. The molecule has 0 saturated heterocycles. The van der Waals surface area contributed by atoms with Crippen molar-refractivity contribution in [3.63, 3.8) is 0 Å². The SMILES string of the molecule is C=C(/C=C\C(=C)c1csc(NC(=O)CCc2ccc(SNCCCOC)cc2)n1)OC. The van der Waals surface area contributed by atoms with Crippen LogP contribution in [0.15, 0.2) is 65.6 Å². The highest BCUT2D eigenvalue weighted by molar-refractivity contribution is 7.97. The van der Waals surface area contributed by atoms with Crippen LogP contribution in [0.1, 0.15) is 24.1 Å². The monoisotopic (exact) mass is 459 g/mol. The second-order valence-electron chi connectivity index (χ2n) is 6.60. The summed E-state index contributed by atoms with van der Waals surface area (Å²) in [6.07, 6.45) is 5.55. The number of thiazole rings is 1. The Hall–Kier alpha value is -2.39. The second-order valence-corrected chi connectivity index (χ2v) is 8.42. The Balaban J connectivity index is 1.74. The molecule has 0 aliphatic carbocycles. The van der Waals surface area contributed by atoms with E-state index in [-0.39, 0.29) is 5.91 Å². The summed E-state index contributed by atoms with van der Waals surface area (Å²) in [5.41, 5.74) is 2.56. The minimum absolute atomic E-state index is 0.0620. The minimum Gasteiger partial charge on any atom is -0.497 e. The van der Waals surface area contributed by atoms with E-state index in [4.69, 9.17) is 9.47 Å². The Morgan fingerprint density at radius 3 is 2.71 bits per heavy atom. The third-order valence-electron chi connectivity index (χ3n) is 4.19. The van der Waals surface area contributed by atoms with E-state index in [1.54, 1.807) is 38.3 Å². The maximum Gasteiger partial charge on any atom is 0.226 e. The van der Waals surface area contributed by atoms with Crippen molar-refractivity contribution < 1.29 is 14.3 Å². The molecular formula is C23H29N3O3S2. The molecule has 0 bridgehead atoms. The van der Waals surface area contributed by atoms with Gasteiger partial charge in [-0.3, -0.25) is 9.52 Å². The van der Waals surface area contributed by atoms with Crippen LogP contribution in [-0.2, 0) is 20.7 Å². The standard InChI is InChI=1S/C23H29N3O3S2/c1-17(6-7-18(2)29-4)21-16-30-23(25-21)26-22(27)13-10-19-8-11-20(12-9-19)31-24-14-5-15-28-3/h6-9,11-12,16,24H,1-2,5,10,13-15H2,3-4H3,(H,25,26,27)/b7-6-. The number of methoxy groups -OCH3 is 2. The number of benzene rings is 1. The number of allylic oxidation sites excluding steroid dienone is 3. The zero-order valence-electron chi connectivity index (χ0n) is 18.0. The van der Waals surface area contributed by atoms with E-state index in [0.29, 0.717) is 29.4 Å². The molecule has 1 amide bonds. The highest BCUT2D eigenvalue weighted by Gasteiger charge is 2.08. The first-order valence-electron chi connectivity index (χ1n) is 9.85. The molecule has 31 heavy (non-hydrogen) atoms. The van der Waals surface area contributed by atoms with Gasteiger partial charge in [0.15, 0.2) is 5.13 Å². The van der Waals surface area contributed by atoms with Gasteiger partial charge in [-0.2, -0.15) is 0 Å². The maximum absolute atomic E-state index is 12.3. The predicted octanol–water partition coefficient (Wildman–Crippen LogP) is 5.08. The van der Waals surface area contributed by atoms with Crippen LogP contribution in [0.4, 0.5) is 5.13 Å². The average molecular weight is 460 g/mol. The van der Waals surface area contributed by atoms with Crippen LogP contribution in [0.3, 0.4) is 0 Å². The number of carbonyl (C=O) groups is 1. The number of aryl methyl sites for hydroxylation is 1. The molecule has 0 aliphatic heterocycles. The summed E-state index contributed by atoms with van der Waals surface area (Å²) in [7, 11) is 3.26. The maximum atomic E-state index is 12.3. The molecule has 1 heterocycles. The summed E-state index contributed by atoms with van der Waals surface area (Å²) in [5, 5.41) is 5.28. The van der Waals surface area contributed by atoms with Gasteiger partial charge in [0.2, 0.25) is 5.91 Å². The lowest BCUT2D eigenvalue weighted by molar-refractivity contribution is -0.116. The smallest absolute Gasteiger partial charge is 0.226 e. The Kier molecular flexibility index (Phi) is 11.1. The minimum atomic E-state index is -0.0620. The van der Waals surface area contributed by atoms with Crippen molar-refractivity contribution in [3.8, 4) is 0 Å². The first-order chi connectivity index (χ1) is 15.0. The Morgan fingerprint density at radius 2 is 2.00 bits per heavy atom. The molecule has 0 radical (unpaired) electrons.